The summed E-state index contributed by atoms with van der Waals surface area (Å²) in [5, 5.41) is 11.2. The number of allylic oxidation sites excluding steroid dienone is 1. The van der Waals surface area contributed by atoms with Crippen LogP contribution in [0.15, 0.2) is 42.6 Å². The van der Waals surface area contributed by atoms with E-state index in [9.17, 15) is 13.2 Å². The highest BCUT2D eigenvalue weighted by atomic mass is 19.4. The maximum Gasteiger partial charge on any atom is 0.421 e. The first-order chi connectivity index (χ1) is 13.6. The van der Waals surface area contributed by atoms with Crippen LogP contribution in [0.5, 0.6) is 0 Å². The summed E-state index contributed by atoms with van der Waals surface area (Å²) in [6, 6.07) is 7.57. The van der Waals surface area contributed by atoms with E-state index in [1.807, 2.05) is 38.1 Å². The number of fused-ring (bicyclic) bond motifs is 1. The Balaban J connectivity index is 1.71. The minimum absolute atomic E-state index is 0.0514. The first kappa shape index (κ1) is 19.2. The van der Waals surface area contributed by atoms with Crippen molar-refractivity contribution in [2.24, 2.45) is 0 Å². The molecule has 29 heavy (non-hydrogen) atoms. The monoisotopic (exact) mass is 402 g/mol. The fourth-order valence-electron chi connectivity index (χ4n) is 3.04. The van der Waals surface area contributed by atoms with Gasteiger partial charge in [-0.2, -0.15) is 23.3 Å². The molecule has 0 aliphatic heterocycles. The third kappa shape index (κ3) is 4.03. The fraction of sp³-hybridized carbons (Fsp3) is 0.350. The highest BCUT2D eigenvalue weighted by Crippen LogP contribution is 2.41. The van der Waals surface area contributed by atoms with Gasteiger partial charge in [0.2, 0.25) is 5.95 Å². The van der Waals surface area contributed by atoms with Crippen LogP contribution in [-0.4, -0.2) is 25.3 Å². The standard InChI is InChI=1S/C20H21F3N6/c1-12(2)11-29-15-7-5-4-6-13(15)16(28-29)25-18-24-10-14(20(21,22)23)17(26-18)27-19(3)8-9-19/h4-7,10H,1,8-9,11H2,2-3H3,(H2,24,25,26,27,28). The molecule has 0 atom stereocenters. The van der Waals surface area contributed by atoms with Crippen molar-refractivity contribution in [1.29, 1.82) is 0 Å². The van der Waals surface area contributed by atoms with Gasteiger partial charge in [-0.25, -0.2) is 4.98 Å². The predicted octanol–water partition coefficient (Wildman–Crippen LogP) is 5.13. The molecule has 0 saturated heterocycles. The van der Waals surface area contributed by atoms with E-state index in [2.05, 4.69) is 32.3 Å². The molecule has 1 fully saturated rings. The molecule has 2 N–H and O–H groups in total. The van der Waals surface area contributed by atoms with Gasteiger partial charge in [0.1, 0.15) is 11.4 Å². The van der Waals surface area contributed by atoms with Crippen LogP contribution in [0.2, 0.25) is 0 Å². The number of aromatic nitrogens is 4. The maximum absolute atomic E-state index is 13.4. The molecule has 3 aromatic rings. The number of benzene rings is 1. The zero-order valence-electron chi connectivity index (χ0n) is 16.1. The summed E-state index contributed by atoms with van der Waals surface area (Å²) in [7, 11) is 0. The Labute approximate surface area is 165 Å². The lowest BCUT2D eigenvalue weighted by molar-refractivity contribution is -0.137. The molecule has 6 nitrogen and oxygen atoms in total. The number of alkyl halides is 3. The minimum Gasteiger partial charge on any atom is -0.364 e. The second kappa shape index (κ2) is 6.75. The highest BCUT2D eigenvalue weighted by Gasteiger charge is 2.42. The fourth-order valence-corrected chi connectivity index (χ4v) is 3.04. The summed E-state index contributed by atoms with van der Waals surface area (Å²) >= 11 is 0. The number of nitrogens with zero attached hydrogens (tertiary/aromatic N) is 4. The zero-order valence-corrected chi connectivity index (χ0v) is 16.1. The number of anilines is 3. The molecule has 1 aliphatic rings. The Bertz CT molecular complexity index is 1080. The van der Waals surface area contributed by atoms with Crippen molar-refractivity contribution < 1.29 is 13.2 Å². The van der Waals surface area contributed by atoms with Crippen LogP contribution in [0.1, 0.15) is 32.3 Å². The Hall–Kier alpha value is -3.10. The van der Waals surface area contributed by atoms with Crippen molar-refractivity contribution in [2.45, 2.75) is 44.9 Å². The number of hydrogen-bond acceptors (Lipinski definition) is 5. The molecule has 9 heteroatoms. The first-order valence-corrected chi connectivity index (χ1v) is 9.24. The summed E-state index contributed by atoms with van der Waals surface area (Å²) < 4.78 is 41.9. The molecule has 0 spiro atoms. The van der Waals surface area contributed by atoms with Gasteiger partial charge in [0.25, 0.3) is 0 Å². The normalized spacial score (nSPS) is 15.3. The van der Waals surface area contributed by atoms with Crippen molar-refractivity contribution in [3.8, 4) is 0 Å². The van der Waals surface area contributed by atoms with E-state index in [0.29, 0.717) is 12.4 Å². The average molecular weight is 402 g/mol. The van der Waals surface area contributed by atoms with Gasteiger partial charge in [0, 0.05) is 17.1 Å². The Morgan fingerprint density at radius 3 is 2.62 bits per heavy atom. The van der Waals surface area contributed by atoms with Crippen LogP contribution < -0.4 is 10.6 Å². The van der Waals surface area contributed by atoms with Gasteiger partial charge < -0.3 is 10.6 Å². The Morgan fingerprint density at radius 2 is 1.97 bits per heavy atom. The van der Waals surface area contributed by atoms with Crippen LogP contribution in [0.4, 0.5) is 30.8 Å². The van der Waals surface area contributed by atoms with Gasteiger partial charge in [-0.05, 0) is 38.8 Å². The minimum atomic E-state index is -4.54. The van der Waals surface area contributed by atoms with E-state index in [1.165, 1.54) is 0 Å². The van der Waals surface area contributed by atoms with Crippen LogP contribution in [0, 0.1) is 0 Å². The number of hydrogen-bond donors (Lipinski definition) is 2. The summed E-state index contributed by atoms with van der Waals surface area (Å²) in [6.45, 7) is 8.21. The molecule has 0 radical (unpaired) electrons. The molecule has 0 bridgehead atoms. The van der Waals surface area contributed by atoms with Gasteiger partial charge in [-0.15, -0.1) is 0 Å². The summed E-state index contributed by atoms with van der Waals surface area (Å²) in [5.74, 6) is 0.307. The predicted molar refractivity (Wildman–Crippen MR) is 106 cm³/mol. The smallest absolute Gasteiger partial charge is 0.364 e. The van der Waals surface area contributed by atoms with Crippen molar-refractivity contribution in [3.05, 3.63) is 48.2 Å². The van der Waals surface area contributed by atoms with Crippen LogP contribution in [0.25, 0.3) is 10.9 Å². The third-order valence-corrected chi connectivity index (χ3v) is 4.82. The van der Waals surface area contributed by atoms with Crippen LogP contribution in [-0.2, 0) is 12.7 Å². The third-order valence-electron chi connectivity index (χ3n) is 4.82. The number of nitrogens with one attached hydrogen (secondary N) is 2. The largest absolute Gasteiger partial charge is 0.421 e. The van der Waals surface area contributed by atoms with E-state index in [1.54, 1.807) is 4.68 Å². The molecule has 1 aromatic carbocycles. The van der Waals surface area contributed by atoms with Crippen molar-refractivity contribution in [3.63, 3.8) is 0 Å². The molecular formula is C20H21F3N6. The molecule has 2 aromatic heterocycles. The average Bonchev–Trinajstić information content (AvgIpc) is 3.26. The molecule has 2 heterocycles. The molecule has 152 valence electrons. The van der Waals surface area contributed by atoms with E-state index < -0.39 is 11.7 Å². The molecule has 0 amide bonds. The summed E-state index contributed by atoms with van der Waals surface area (Å²) in [4.78, 5) is 8.00. The van der Waals surface area contributed by atoms with E-state index >= 15 is 0 Å². The molecule has 1 aliphatic carbocycles. The quantitative estimate of drug-likeness (QED) is 0.560. The number of halogens is 3. The van der Waals surface area contributed by atoms with E-state index in [-0.39, 0.29) is 17.3 Å². The number of rotatable bonds is 6. The zero-order chi connectivity index (χ0) is 20.8. The molecule has 0 unspecified atom stereocenters. The molecule has 1 saturated carbocycles. The highest BCUT2D eigenvalue weighted by molar-refractivity contribution is 5.91. The van der Waals surface area contributed by atoms with Crippen LogP contribution >= 0.6 is 0 Å². The van der Waals surface area contributed by atoms with Gasteiger partial charge >= 0.3 is 6.18 Å². The summed E-state index contributed by atoms with van der Waals surface area (Å²) in [6.07, 6.45) is -2.14. The Kier molecular flexibility index (Phi) is 4.48. The lowest BCUT2D eigenvalue weighted by atomic mass is 10.2. The van der Waals surface area contributed by atoms with Gasteiger partial charge in [0.15, 0.2) is 5.82 Å². The van der Waals surface area contributed by atoms with Gasteiger partial charge in [0.05, 0.1) is 12.1 Å². The maximum atomic E-state index is 13.4. The second-order valence-corrected chi connectivity index (χ2v) is 7.74. The SMILES string of the molecule is C=C(C)Cn1nc(Nc2ncc(C(F)(F)F)c(NC3(C)CC3)n2)c2ccccc21. The van der Waals surface area contributed by atoms with Crippen molar-refractivity contribution in [1.82, 2.24) is 19.7 Å². The summed E-state index contributed by atoms with van der Waals surface area (Å²) in [5.41, 5.74) is 0.573. The van der Waals surface area contributed by atoms with Crippen LogP contribution in [0.3, 0.4) is 0 Å². The van der Waals surface area contributed by atoms with Crippen molar-refractivity contribution >= 4 is 28.5 Å². The van der Waals surface area contributed by atoms with E-state index in [4.69, 9.17) is 0 Å². The lowest BCUT2D eigenvalue weighted by Crippen LogP contribution is -2.21. The van der Waals surface area contributed by atoms with Crippen molar-refractivity contribution in [2.75, 3.05) is 10.6 Å². The van der Waals surface area contributed by atoms with Gasteiger partial charge in [-0.3, -0.25) is 4.68 Å². The van der Waals surface area contributed by atoms with Gasteiger partial charge in [-0.1, -0.05) is 24.3 Å². The first-order valence-electron chi connectivity index (χ1n) is 9.24. The second-order valence-electron chi connectivity index (χ2n) is 7.74. The van der Waals surface area contributed by atoms with E-state index in [0.717, 1.165) is 35.5 Å². The topological polar surface area (TPSA) is 67.7 Å². The Morgan fingerprint density at radius 1 is 1.24 bits per heavy atom. The molecule has 4 rings (SSSR count). The lowest BCUT2D eigenvalue weighted by Gasteiger charge is -2.18. The molecular weight excluding hydrogens is 381 g/mol. The number of para-hydroxylation sites is 1.